The molecule has 2 aromatic carbocycles. The van der Waals surface area contributed by atoms with Crippen LogP contribution in [0.3, 0.4) is 0 Å². The van der Waals surface area contributed by atoms with Gasteiger partial charge < -0.3 is 15.0 Å². The second-order valence-electron chi connectivity index (χ2n) is 6.21. The molecule has 134 valence electrons. The van der Waals surface area contributed by atoms with Crippen LogP contribution >= 0.6 is 0 Å². The molecule has 0 unspecified atom stereocenters. The first kappa shape index (κ1) is 17.7. The van der Waals surface area contributed by atoms with E-state index in [0.29, 0.717) is 17.1 Å². The third-order valence-corrected chi connectivity index (χ3v) is 3.85. The molecule has 0 aliphatic rings. The van der Waals surface area contributed by atoms with Crippen molar-refractivity contribution in [3.63, 3.8) is 0 Å². The molecule has 0 aliphatic heterocycles. The lowest BCUT2D eigenvalue weighted by Gasteiger charge is -2.14. The first-order chi connectivity index (χ1) is 12.6. The number of rotatable bonds is 6. The molecule has 0 fully saturated rings. The Labute approximate surface area is 153 Å². The maximum atomic E-state index is 12.6. The number of benzene rings is 2. The molecular weight excluding hydrogens is 328 g/mol. The number of carbonyl (C=O) groups excluding carboxylic acids is 1. The minimum absolute atomic E-state index is 0.278. The first-order valence-corrected chi connectivity index (χ1v) is 8.31. The van der Waals surface area contributed by atoms with E-state index < -0.39 is 0 Å². The lowest BCUT2D eigenvalue weighted by atomic mass is 10.1. The zero-order valence-corrected chi connectivity index (χ0v) is 15.1. The van der Waals surface area contributed by atoms with Gasteiger partial charge in [-0.25, -0.2) is 4.68 Å². The second kappa shape index (κ2) is 7.84. The van der Waals surface area contributed by atoms with Crippen LogP contribution in [0.4, 0.5) is 5.69 Å². The number of nitrogens with one attached hydrogen (secondary N) is 1. The topological polar surface area (TPSA) is 59.4 Å². The molecular formula is C20H22N4O2. The summed E-state index contributed by atoms with van der Waals surface area (Å²) in [6, 6.07) is 17.1. The molecule has 0 saturated heterocycles. The zero-order valence-electron chi connectivity index (χ0n) is 15.1. The lowest BCUT2D eigenvalue weighted by Crippen LogP contribution is -2.15. The van der Waals surface area contributed by atoms with Crippen molar-refractivity contribution >= 4 is 11.6 Å². The maximum Gasteiger partial charge on any atom is 0.276 e. The van der Waals surface area contributed by atoms with Gasteiger partial charge in [0.15, 0.2) is 5.69 Å². The Morgan fingerprint density at radius 2 is 1.92 bits per heavy atom. The summed E-state index contributed by atoms with van der Waals surface area (Å²) in [5.74, 6) is 0.336. The van der Waals surface area contributed by atoms with Crippen LogP contribution in [0, 0.1) is 0 Å². The smallest absolute Gasteiger partial charge is 0.276 e. The molecule has 6 heteroatoms. The van der Waals surface area contributed by atoms with Crippen LogP contribution < -0.4 is 10.1 Å². The van der Waals surface area contributed by atoms with Gasteiger partial charge in [0.2, 0.25) is 0 Å². The molecule has 1 aromatic heterocycles. The summed E-state index contributed by atoms with van der Waals surface area (Å²) in [6.45, 7) is 0.773. The number of ether oxygens (including phenoxy) is 1. The van der Waals surface area contributed by atoms with Crippen LogP contribution in [0.25, 0.3) is 5.69 Å². The standard InChI is InChI=1S/C20H22N4O2/c1-23(2)14-15-9-10-19(26-3)18(13-15)21-20(25)17-11-12-24(22-17)16-7-5-4-6-8-16/h4-13H,14H2,1-3H3,(H,21,25). The second-order valence-corrected chi connectivity index (χ2v) is 6.21. The predicted octanol–water partition coefficient (Wildman–Crippen LogP) is 3.19. The van der Waals surface area contributed by atoms with E-state index in [0.717, 1.165) is 17.8 Å². The van der Waals surface area contributed by atoms with Crippen molar-refractivity contribution in [3.05, 3.63) is 72.1 Å². The number of nitrogens with zero attached hydrogens (tertiary/aromatic N) is 3. The van der Waals surface area contributed by atoms with Gasteiger partial charge in [0.1, 0.15) is 5.75 Å². The maximum absolute atomic E-state index is 12.6. The molecule has 0 aliphatic carbocycles. The van der Waals surface area contributed by atoms with Crippen molar-refractivity contribution in [2.75, 3.05) is 26.5 Å². The molecule has 0 saturated carbocycles. The minimum Gasteiger partial charge on any atom is -0.495 e. The first-order valence-electron chi connectivity index (χ1n) is 8.31. The predicted molar refractivity (Wildman–Crippen MR) is 102 cm³/mol. The Hall–Kier alpha value is -3.12. The van der Waals surface area contributed by atoms with Gasteiger partial charge in [-0.05, 0) is 50.0 Å². The lowest BCUT2D eigenvalue weighted by molar-refractivity contribution is 0.102. The van der Waals surface area contributed by atoms with Gasteiger partial charge in [0.05, 0.1) is 18.5 Å². The van der Waals surface area contributed by atoms with Gasteiger partial charge in [-0.2, -0.15) is 5.10 Å². The van der Waals surface area contributed by atoms with E-state index in [9.17, 15) is 4.79 Å². The van der Waals surface area contributed by atoms with Gasteiger partial charge >= 0.3 is 0 Å². The van der Waals surface area contributed by atoms with Crippen LogP contribution in [0.5, 0.6) is 5.75 Å². The summed E-state index contributed by atoms with van der Waals surface area (Å²) in [5, 5.41) is 7.26. The number of para-hydroxylation sites is 1. The van der Waals surface area contributed by atoms with E-state index in [1.54, 1.807) is 24.1 Å². The number of carbonyl (C=O) groups is 1. The molecule has 0 bridgehead atoms. The van der Waals surface area contributed by atoms with Crippen molar-refractivity contribution in [2.24, 2.45) is 0 Å². The fourth-order valence-electron chi connectivity index (χ4n) is 2.67. The van der Waals surface area contributed by atoms with Crippen LogP contribution in [0.1, 0.15) is 16.1 Å². The molecule has 1 N–H and O–H groups in total. The number of hydrogen-bond donors (Lipinski definition) is 1. The highest BCUT2D eigenvalue weighted by Gasteiger charge is 2.14. The number of anilines is 1. The van der Waals surface area contributed by atoms with Gasteiger partial charge in [0.25, 0.3) is 5.91 Å². The summed E-state index contributed by atoms with van der Waals surface area (Å²) >= 11 is 0. The fourth-order valence-corrected chi connectivity index (χ4v) is 2.67. The van der Waals surface area contributed by atoms with Gasteiger partial charge in [0, 0.05) is 12.7 Å². The molecule has 3 rings (SSSR count). The fraction of sp³-hybridized carbons (Fsp3) is 0.200. The Balaban J connectivity index is 1.80. The summed E-state index contributed by atoms with van der Waals surface area (Å²) < 4.78 is 7.04. The Morgan fingerprint density at radius 1 is 1.15 bits per heavy atom. The number of hydrogen-bond acceptors (Lipinski definition) is 4. The number of methoxy groups -OCH3 is 1. The van der Waals surface area contributed by atoms with Crippen LogP contribution in [0.15, 0.2) is 60.8 Å². The summed E-state index contributed by atoms with van der Waals surface area (Å²) in [5.41, 5.74) is 2.96. The molecule has 26 heavy (non-hydrogen) atoms. The molecule has 0 atom stereocenters. The van der Waals surface area contributed by atoms with Gasteiger partial charge in [-0.3, -0.25) is 4.79 Å². The zero-order chi connectivity index (χ0) is 18.5. The highest BCUT2D eigenvalue weighted by molar-refractivity contribution is 6.03. The van der Waals surface area contributed by atoms with Gasteiger partial charge in [-0.15, -0.1) is 0 Å². The largest absolute Gasteiger partial charge is 0.495 e. The third-order valence-electron chi connectivity index (χ3n) is 3.85. The monoisotopic (exact) mass is 350 g/mol. The molecule has 1 heterocycles. The molecule has 6 nitrogen and oxygen atoms in total. The van der Waals surface area contributed by atoms with Crippen LogP contribution in [-0.4, -0.2) is 41.8 Å². The quantitative estimate of drug-likeness (QED) is 0.742. The Kier molecular flexibility index (Phi) is 5.34. The highest BCUT2D eigenvalue weighted by atomic mass is 16.5. The highest BCUT2D eigenvalue weighted by Crippen LogP contribution is 2.26. The van der Waals surface area contributed by atoms with E-state index in [1.807, 2.05) is 62.6 Å². The number of amides is 1. The normalized spacial score (nSPS) is 10.8. The number of aromatic nitrogens is 2. The van der Waals surface area contributed by atoms with Crippen molar-refractivity contribution < 1.29 is 9.53 Å². The summed E-state index contributed by atoms with van der Waals surface area (Å²) in [6.07, 6.45) is 1.77. The third kappa shape index (κ3) is 4.10. The van der Waals surface area contributed by atoms with Crippen LogP contribution in [0.2, 0.25) is 0 Å². The van der Waals surface area contributed by atoms with Gasteiger partial charge in [-0.1, -0.05) is 24.3 Å². The van der Waals surface area contributed by atoms with E-state index >= 15 is 0 Å². The van der Waals surface area contributed by atoms with Crippen molar-refractivity contribution in [2.45, 2.75) is 6.54 Å². The SMILES string of the molecule is COc1ccc(CN(C)C)cc1NC(=O)c1ccn(-c2ccccc2)n1. The Morgan fingerprint density at radius 3 is 2.62 bits per heavy atom. The van der Waals surface area contributed by atoms with E-state index in [4.69, 9.17) is 4.74 Å². The average Bonchev–Trinajstić information content (AvgIpc) is 3.12. The van der Waals surface area contributed by atoms with E-state index in [2.05, 4.69) is 15.3 Å². The molecule has 0 spiro atoms. The molecule has 1 amide bonds. The van der Waals surface area contributed by atoms with Crippen molar-refractivity contribution in [1.82, 2.24) is 14.7 Å². The summed E-state index contributed by atoms with van der Waals surface area (Å²) in [7, 11) is 5.58. The minimum atomic E-state index is -0.278. The molecule has 3 aromatic rings. The van der Waals surface area contributed by atoms with E-state index in [1.165, 1.54) is 0 Å². The molecule has 0 radical (unpaired) electrons. The van der Waals surface area contributed by atoms with Crippen LogP contribution in [-0.2, 0) is 6.54 Å². The van der Waals surface area contributed by atoms with Crippen molar-refractivity contribution in [1.29, 1.82) is 0 Å². The van der Waals surface area contributed by atoms with Crippen molar-refractivity contribution in [3.8, 4) is 11.4 Å². The average molecular weight is 350 g/mol. The Bertz CT molecular complexity index is 888. The summed E-state index contributed by atoms with van der Waals surface area (Å²) in [4.78, 5) is 14.7. The van der Waals surface area contributed by atoms with E-state index in [-0.39, 0.29) is 5.91 Å².